The predicted octanol–water partition coefficient (Wildman–Crippen LogP) is 4.12. The Morgan fingerprint density at radius 1 is 1.28 bits per heavy atom. The summed E-state index contributed by atoms with van der Waals surface area (Å²) in [6, 6.07) is 7.71. The SMILES string of the molecule is CC/C(C)=N/NC1=NCCN(c2cc(-c3n[nH]c4ccc(OC(F)(F)F)cc34)ccn2)C1. The van der Waals surface area contributed by atoms with Gasteiger partial charge in [0, 0.05) is 29.4 Å². The molecule has 0 atom stereocenters. The molecule has 2 N–H and O–H groups in total. The van der Waals surface area contributed by atoms with Crippen molar-refractivity contribution in [2.45, 2.75) is 26.6 Å². The highest BCUT2D eigenvalue weighted by molar-refractivity contribution is 5.94. The number of nitrogens with one attached hydrogen (secondary N) is 2. The number of rotatable bonds is 5. The molecule has 11 heteroatoms. The summed E-state index contributed by atoms with van der Waals surface area (Å²) in [4.78, 5) is 11.0. The van der Waals surface area contributed by atoms with Gasteiger partial charge in [-0.2, -0.15) is 10.2 Å². The Hall–Kier alpha value is -3.63. The van der Waals surface area contributed by atoms with Crippen LogP contribution in [0.2, 0.25) is 0 Å². The minimum absolute atomic E-state index is 0.298. The van der Waals surface area contributed by atoms with Crippen LogP contribution in [0.3, 0.4) is 0 Å². The minimum Gasteiger partial charge on any atom is -0.406 e. The van der Waals surface area contributed by atoms with Crippen LogP contribution >= 0.6 is 0 Å². The number of fused-ring (bicyclic) bond motifs is 1. The third kappa shape index (κ3) is 4.98. The number of ether oxygens (including phenoxy) is 1. The number of hydrogen-bond donors (Lipinski definition) is 2. The number of benzene rings is 1. The molecule has 0 bridgehead atoms. The van der Waals surface area contributed by atoms with Crippen LogP contribution in [0.4, 0.5) is 19.0 Å². The van der Waals surface area contributed by atoms with E-state index in [-0.39, 0.29) is 5.75 Å². The van der Waals surface area contributed by atoms with Gasteiger partial charge in [-0.3, -0.25) is 15.5 Å². The molecule has 1 aliphatic rings. The topological polar surface area (TPSA) is 90.8 Å². The molecule has 0 radical (unpaired) electrons. The number of anilines is 1. The standard InChI is InChI=1S/C21H22F3N7O/c1-3-13(2)27-29-18-12-31(9-8-25-18)19-10-14(6-7-26-19)20-16-11-15(32-21(22,23)24)4-5-17(16)28-30-20/h4-7,10-11H,3,8-9,12H2,1-2H3,(H,25,29)(H,28,30)/b27-13+. The van der Waals surface area contributed by atoms with Gasteiger partial charge in [-0.15, -0.1) is 13.2 Å². The third-order valence-corrected chi connectivity index (χ3v) is 5.01. The van der Waals surface area contributed by atoms with Crippen molar-refractivity contribution < 1.29 is 17.9 Å². The lowest BCUT2D eigenvalue weighted by molar-refractivity contribution is -0.274. The van der Waals surface area contributed by atoms with E-state index in [0.717, 1.165) is 23.5 Å². The van der Waals surface area contributed by atoms with E-state index in [4.69, 9.17) is 0 Å². The van der Waals surface area contributed by atoms with Crippen molar-refractivity contribution in [1.29, 1.82) is 0 Å². The summed E-state index contributed by atoms with van der Waals surface area (Å²) in [5, 5.41) is 12.0. The molecule has 168 valence electrons. The number of pyridine rings is 1. The van der Waals surface area contributed by atoms with E-state index < -0.39 is 6.36 Å². The lowest BCUT2D eigenvalue weighted by Gasteiger charge is -2.27. The summed E-state index contributed by atoms with van der Waals surface area (Å²) in [6.45, 7) is 5.77. The Morgan fingerprint density at radius 3 is 2.91 bits per heavy atom. The summed E-state index contributed by atoms with van der Waals surface area (Å²) < 4.78 is 41.9. The summed E-state index contributed by atoms with van der Waals surface area (Å²) in [6.07, 6.45) is -2.26. The molecule has 0 saturated heterocycles. The summed E-state index contributed by atoms with van der Waals surface area (Å²) in [7, 11) is 0. The minimum atomic E-state index is -4.76. The average molecular weight is 445 g/mol. The van der Waals surface area contributed by atoms with Crippen LogP contribution in [0.15, 0.2) is 46.6 Å². The van der Waals surface area contributed by atoms with Gasteiger partial charge in [0.1, 0.15) is 23.1 Å². The fraction of sp³-hybridized carbons (Fsp3) is 0.333. The number of aromatic amines is 1. The van der Waals surface area contributed by atoms with Gasteiger partial charge >= 0.3 is 6.36 Å². The third-order valence-electron chi connectivity index (χ3n) is 5.01. The van der Waals surface area contributed by atoms with Crippen molar-refractivity contribution in [3.8, 4) is 17.0 Å². The maximum absolute atomic E-state index is 12.6. The molecule has 0 unspecified atom stereocenters. The van der Waals surface area contributed by atoms with E-state index >= 15 is 0 Å². The van der Waals surface area contributed by atoms with Crippen molar-refractivity contribution in [2.75, 3.05) is 24.5 Å². The molecule has 0 fully saturated rings. The molecule has 4 rings (SSSR count). The highest BCUT2D eigenvalue weighted by Gasteiger charge is 2.31. The quantitative estimate of drug-likeness (QED) is 0.456. The van der Waals surface area contributed by atoms with Gasteiger partial charge in [0.05, 0.1) is 18.6 Å². The molecule has 8 nitrogen and oxygen atoms in total. The zero-order valence-electron chi connectivity index (χ0n) is 17.6. The largest absolute Gasteiger partial charge is 0.573 e. The first kappa shape index (κ1) is 21.6. The van der Waals surface area contributed by atoms with E-state index in [1.807, 2.05) is 19.9 Å². The summed E-state index contributed by atoms with van der Waals surface area (Å²) >= 11 is 0. The van der Waals surface area contributed by atoms with Crippen molar-refractivity contribution in [2.24, 2.45) is 10.1 Å². The Balaban J connectivity index is 1.59. The summed E-state index contributed by atoms with van der Waals surface area (Å²) in [5.74, 6) is 1.16. The zero-order chi connectivity index (χ0) is 22.7. The number of nitrogens with zero attached hydrogens (tertiary/aromatic N) is 5. The molecule has 3 heterocycles. The van der Waals surface area contributed by atoms with Crippen molar-refractivity contribution in [1.82, 2.24) is 20.6 Å². The normalized spacial score (nSPS) is 15.1. The smallest absolute Gasteiger partial charge is 0.406 e. The van der Waals surface area contributed by atoms with Gasteiger partial charge < -0.3 is 9.64 Å². The molecule has 0 aliphatic carbocycles. The van der Waals surface area contributed by atoms with Crippen LogP contribution in [0.25, 0.3) is 22.2 Å². The maximum Gasteiger partial charge on any atom is 0.573 e. The number of hydrogen-bond acceptors (Lipinski definition) is 7. The molecule has 3 aromatic rings. The first-order valence-corrected chi connectivity index (χ1v) is 10.1. The lowest BCUT2D eigenvalue weighted by atomic mass is 10.1. The van der Waals surface area contributed by atoms with Crippen molar-refractivity contribution >= 4 is 28.3 Å². The molecule has 32 heavy (non-hydrogen) atoms. The van der Waals surface area contributed by atoms with Crippen LogP contribution in [0, 0.1) is 0 Å². The molecular weight excluding hydrogens is 423 g/mol. The average Bonchev–Trinajstić information content (AvgIpc) is 3.20. The number of hydrazone groups is 1. The van der Waals surface area contributed by atoms with Crippen LogP contribution < -0.4 is 15.1 Å². The second-order valence-corrected chi connectivity index (χ2v) is 7.29. The second-order valence-electron chi connectivity index (χ2n) is 7.29. The molecule has 2 aromatic heterocycles. The zero-order valence-corrected chi connectivity index (χ0v) is 17.6. The van der Waals surface area contributed by atoms with Crippen LogP contribution in [-0.2, 0) is 0 Å². The summed E-state index contributed by atoms with van der Waals surface area (Å²) in [5.41, 5.74) is 5.83. The van der Waals surface area contributed by atoms with Crippen molar-refractivity contribution in [3.63, 3.8) is 0 Å². The van der Waals surface area contributed by atoms with E-state index in [2.05, 4.69) is 40.3 Å². The van der Waals surface area contributed by atoms with Gasteiger partial charge in [0.25, 0.3) is 0 Å². The van der Waals surface area contributed by atoms with Crippen LogP contribution in [0.5, 0.6) is 5.75 Å². The fourth-order valence-corrected chi connectivity index (χ4v) is 3.27. The number of H-pyrrole nitrogens is 1. The van der Waals surface area contributed by atoms with Crippen LogP contribution in [0.1, 0.15) is 20.3 Å². The highest BCUT2D eigenvalue weighted by atomic mass is 19.4. The number of halogens is 3. The van der Waals surface area contributed by atoms with Crippen LogP contribution in [-0.4, -0.2) is 52.7 Å². The van der Waals surface area contributed by atoms with Crippen molar-refractivity contribution in [3.05, 3.63) is 36.5 Å². The Kier molecular flexibility index (Phi) is 5.97. The number of amidine groups is 1. The maximum atomic E-state index is 12.6. The molecule has 0 amide bonds. The first-order chi connectivity index (χ1) is 15.3. The number of aliphatic imine (C=N–C) groups is 1. The Labute approximate surface area is 182 Å². The number of alkyl halides is 3. The highest BCUT2D eigenvalue weighted by Crippen LogP contribution is 2.32. The second kappa shape index (κ2) is 8.85. The lowest BCUT2D eigenvalue weighted by Crippen LogP contribution is -2.41. The Morgan fingerprint density at radius 2 is 2.12 bits per heavy atom. The fourth-order valence-electron chi connectivity index (χ4n) is 3.27. The van der Waals surface area contributed by atoms with Gasteiger partial charge in [0.15, 0.2) is 0 Å². The van der Waals surface area contributed by atoms with Gasteiger partial charge in [0.2, 0.25) is 0 Å². The first-order valence-electron chi connectivity index (χ1n) is 10.1. The van der Waals surface area contributed by atoms with E-state index in [1.165, 1.54) is 18.2 Å². The molecule has 1 aromatic carbocycles. The van der Waals surface area contributed by atoms with Gasteiger partial charge in [-0.25, -0.2) is 4.98 Å². The van der Waals surface area contributed by atoms with E-state index in [0.29, 0.717) is 42.0 Å². The molecule has 1 aliphatic heterocycles. The molecular formula is C21H22F3N7O. The number of aromatic nitrogens is 3. The van der Waals surface area contributed by atoms with Gasteiger partial charge in [-0.05, 0) is 43.7 Å². The van der Waals surface area contributed by atoms with E-state index in [9.17, 15) is 13.2 Å². The van der Waals surface area contributed by atoms with Gasteiger partial charge in [-0.1, -0.05) is 6.92 Å². The Bertz CT molecular complexity index is 1170. The predicted molar refractivity (Wildman–Crippen MR) is 117 cm³/mol. The molecule has 0 saturated carbocycles. The van der Waals surface area contributed by atoms with E-state index in [1.54, 1.807) is 12.3 Å². The molecule has 0 spiro atoms. The monoisotopic (exact) mass is 445 g/mol.